The van der Waals surface area contributed by atoms with Crippen LogP contribution in [0.2, 0.25) is 0 Å². The number of anilines is 3. The van der Waals surface area contributed by atoms with Crippen LogP contribution in [-0.2, 0) is 5.41 Å². The highest BCUT2D eigenvalue weighted by Crippen LogP contribution is 2.52. The van der Waals surface area contributed by atoms with Crippen LogP contribution in [0.4, 0.5) is 17.1 Å². The molecule has 12 rings (SSSR count). The molecule has 63 heavy (non-hydrogen) atoms. The second-order valence-corrected chi connectivity index (χ2v) is 18.5. The average Bonchev–Trinajstić information content (AvgIpc) is 3.83. The molecule has 0 spiro atoms. The van der Waals surface area contributed by atoms with Crippen LogP contribution in [0.1, 0.15) is 43.4 Å². The van der Waals surface area contributed by atoms with Crippen LogP contribution in [0.3, 0.4) is 0 Å². The quantitative estimate of drug-likeness (QED) is 0.155. The molecule has 0 saturated carbocycles. The van der Waals surface area contributed by atoms with Crippen molar-refractivity contribution < 1.29 is 0 Å². The first-order valence-electron chi connectivity index (χ1n) is 22.0. The van der Waals surface area contributed by atoms with Gasteiger partial charge in [-0.3, -0.25) is 0 Å². The van der Waals surface area contributed by atoms with Crippen LogP contribution < -0.4 is 4.90 Å². The third kappa shape index (κ3) is 6.15. The smallest absolute Gasteiger partial charge is 0.0977 e. The molecule has 0 aliphatic heterocycles. The summed E-state index contributed by atoms with van der Waals surface area (Å²) in [5.41, 5.74) is 17.7. The van der Waals surface area contributed by atoms with Gasteiger partial charge in [-0.25, -0.2) is 0 Å². The minimum atomic E-state index is -0.198. The Labute approximate surface area is 373 Å². The second kappa shape index (κ2) is 14.9. The van der Waals surface area contributed by atoms with Crippen molar-refractivity contribution in [1.82, 2.24) is 0 Å². The molecule has 298 valence electrons. The lowest BCUT2D eigenvalue weighted by Gasteiger charge is -2.31. The van der Waals surface area contributed by atoms with Gasteiger partial charge in [-0.1, -0.05) is 178 Å². The third-order valence-electron chi connectivity index (χ3n) is 13.4. The number of benzene rings is 8. The fraction of sp³-hybridized carbons (Fsp3) is 0.0820. The van der Waals surface area contributed by atoms with Crippen molar-refractivity contribution in [2.45, 2.75) is 32.1 Å². The summed E-state index contributed by atoms with van der Waals surface area (Å²) >= 11 is 1.86. The second-order valence-electron chi connectivity index (χ2n) is 17.4. The Bertz CT molecular complexity index is 3480. The van der Waals surface area contributed by atoms with Gasteiger partial charge in [-0.05, 0) is 122 Å². The number of hydrogen-bond donors (Lipinski definition) is 0. The van der Waals surface area contributed by atoms with Crippen molar-refractivity contribution in [3.63, 3.8) is 0 Å². The Kier molecular flexibility index (Phi) is 8.82. The molecule has 2 aliphatic rings. The van der Waals surface area contributed by atoms with E-state index in [0.29, 0.717) is 0 Å². The maximum atomic E-state index is 3.77. The first kappa shape index (κ1) is 37.3. The first-order valence-corrected chi connectivity index (χ1v) is 22.8. The Morgan fingerprint density at radius 2 is 1.19 bits per heavy atom. The summed E-state index contributed by atoms with van der Waals surface area (Å²) in [7, 11) is 0. The fourth-order valence-electron chi connectivity index (χ4n) is 10.3. The standard InChI is InChI=1S/C61H43NS/c1-61(2)54-28-12-9-24-49(54)50-34-33-45(39-55(50)61)62(56-29-13-10-23-46(56)40-17-5-3-6-18-40)57-35-31-43(37-52(57)44-32-36-59-53(38-44)51-25-11-14-30-58(51)63-59)48-27-16-22-42-21-15-26-47(60(42)48)41-19-7-4-8-20-41/h3-5,7-17,19-32,35-39H,6,18H2,1-2H3. The molecule has 1 nitrogen and oxygen atoms in total. The van der Waals surface area contributed by atoms with Gasteiger partial charge in [-0.2, -0.15) is 0 Å². The summed E-state index contributed by atoms with van der Waals surface area (Å²) in [5.74, 6) is 0. The van der Waals surface area contributed by atoms with Gasteiger partial charge in [0, 0.05) is 42.3 Å². The average molecular weight is 822 g/mol. The van der Waals surface area contributed by atoms with Gasteiger partial charge in [0.2, 0.25) is 0 Å². The molecule has 0 N–H and O–H groups in total. The molecule has 0 radical (unpaired) electrons. The van der Waals surface area contributed by atoms with Crippen LogP contribution >= 0.6 is 11.3 Å². The monoisotopic (exact) mass is 821 g/mol. The van der Waals surface area contributed by atoms with Crippen LogP contribution in [0.15, 0.2) is 200 Å². The summed E-state index contributed by atoms with van der Waals surface area (Å²) in [6.45, 7) is 4.70. The number of nitrogens with zero attached hydrogens (tertiary/aromatic N) is 1. The lowest BCUT2D eigenvalue weighted by Crippen LogP contribution is -2.17. The maximum absolute atomic E-state index is 3.77. The fourth-order valence-corrected chi connectivity index (χ4v) is 11.4. The SMILES string of the molecule is CC1(C)c2cc(N(c3ccccc3C3=CC=CCC3)c3ccc(-c4cccc5cccc(-c6ccccc6)c45)cc3-c3ccc4sc5ccccc5c4c3)c#cc2-c2ccccc21. The van der Waals surface area contributed by atoms with Crippen molar-refractivity contribution in [1.29, 1.82) is 0 Å². The maximum Gasteiger partial charge on any atom is 0.0977 e. The van der Waals surface area contributed by atoms with Gasteiger partial charge >= 0.3 is 0 Å². The molecule has 10 aromatic rings. The van der Waals surface area contributed by atoms with Crippen LogP contribution in [0, 0.1) is 12.1 Å². The van der Waals surface area contributed by atoms with E-state index in [2.05, 4.69) is 231 Å². The highest BCUT2D eigenvalue weighted by molar-refractivity contribution is 7.25. The summed E-state index contributed by atoms with van der Waals surface area (Å²) < 4.78 is 2.60. The minimum Gasteiger partial charge on any atom is -0.302 e. The first-order chi connectivity index (χ1) is 31.0. The summed E-state index contributed by atoms with van der Waals surface area (Å²) in [5, 5.41) is 5.06. The summed E-state index contributed by atoms with van der Waals surface area (Å²) in [6, 6.07) is 74.9. The van der Waals surface area contributed by atoms with Crippen molar-refractivity contribution in [3.8, 4) is 44.5 Å². The predicted molar refractivity (Wildman–Crippen MR) is 269 cm³/mol. The molecule has 0 atom stereocenters. The number of thiophene rings is 1. The predicted octanol–water partition coefficient (Wildman–Crippen LogP) is 17.3. The number of fused-ring (bicyclic) bond motifs is 7. The molecule has 0 fully saturated rings. The minimum absolute atomic E-state index is 0.198. The number of allylic oxidation sites excluding steroid dienone is 4. The molecule has 1 heterocycles. The molecule has 0 amide bonds. The van der Waals surface area contributed by atoms with E-state index < -0.39 is 0 Å². The van der Waals surface area contributed by atoms with Gasteiger partial charge in [0.25, 0.3) is 0 Å². The van der Waals surface area contributed by atoms with Crippen LogP contribution in [0.25, 0.3) is 81.0 Å². The van der Waals surface area contributed by atoms with Crippen molar-refractivity contribution >= 4 is 64.9 Å². The molecule has 0 saturated heterocycles. The Morgan fingerprint density at radius 1 is 0.508 bits per heavy atom. The Morgan fingerprint density at radius 3 is 2.03 bits per heavy atom. The van der Waals surface area contributed by atoms with E-state index >= 15 is 0 Å². The van der Waals surface area contributed by atoms with Gasteiger partial charge in [0.05, 0.1) is 17.1 Å². The van der Waals surface area contributed by atoms with Gasteiger partial charge in [0.1, 0.15) is 0 Å². The number of hydrogen-bond acceptors (Lipinski definition) is 2. The highest BCUT2D eigenvalue weighted by Gasteiger charge is 2.36. The molecule has 9 aromatic carbocycles. The highest BCUT2D eigenvalue weighted by atomic mass is 32.1. The normalized spacial score (nSPS) is 13.8. The molecule has 0 bridgehead atoms. The number of rotatable bonds is 7. The van der Waals surface area contributed by atoms with Gasteiger partial charge < -0.3 is 4.90 Å². The van der Waals surface area contributed by atoms with Crippen LogP contribution in [-0.4, -0.2) is 0 Å². The topological polar surface area (TPSA) is 3.24 Å². The molecule has 2 aliphatic carbocycles. The molecule has 1 aromatic heterocycles. The van der Waals surface area contributed by atoms with Crippen molar-refractivity contribution in [2.75, 3.05) is 4.90 Å². The molecule has 2 heteroatoms. The van der Waals surface area contributed by atoms with E-state index in [9.17, 15) is 0 Å². The Hall–Kier alpha value is -7.44. The van der Waals surface area contributed by atoms with E-state index in [-0.39, 0.29) is 5.41 Å². The zero-order valence-corrected chi connectivity index (χ0v) is 36.1. The van der Waals surface area contributed by atoms with Crippen molar-refractivity contribution in [2.24, 2.45) is 0 Å². The molecular formula is C61H43NS. The van der Waals surface area contributed by atoms with Crippen LogP contribution in [0.5, 0.6) is 0 Å². The number of para-hydroxylation sites is 1. The summed E-state index contributed by atoms with van der Waals surface area (Å²) in [4.78, 5) is 2.47. The van der Waals surface area contributed by atoms with E-state index in [0.717, 1.165) is 41.0 Å². The van der Waals surface area contributed by atoms with E-state index in [1.807, 2.05) is 11.3 Å². The zero-order valence-electron chi connectivity index (χ0n) is 35.3. The van der Waals surface area contributed by atoms with Gasteiger partial charge in [-0.15, -0.1) is 11.3 Å². The van der Waals surface area contributed by atoms with E-state index in [1.165, 1.54) is 86.6 Å². The lowest BCUT2D eigenvalue weighted by atomic mass is 9.82. The summed E-state index contributed by atoms with van der Waals surface area (Å²) in [6.07, 6.45) is 8.79. The Balaban J connectivity index is 1.15. The molecule has 0 unspecified atom stereocenters. The zero-order chi connectivity index (χ0) is 42.1. The van der Waals surface area contributed by atoms with Gasteiger partial charge in [0.15, 0.2) is 0 Å². The third-order valence-corrected chi connectivity index (χ3v) is 14.5. The lowest BCUT2D eigenvalue weighted by molar-refractivity contribution is 0.660. The van der Waals surface area contributed by atoms with Crippen molar-refractivity contribution in [3.05, 3.63) is 229 Å². The van der Waals surface area contributed by atoms with E-state index in [4.69, 9.17) is 0 Å². The van der Waals surface area contributed by atoms with E-state index in [1.54, 1.807) is 0 Å². The molecular weight excluding hydrogens is 779 g/mol. The largest absolute Gasteiger partial charge is 0.302 e.